The summed E-state index contributed by atoms with van der Waals surface area (Å²) in [5.41, 5.74) is 5.48. The van der Waals surface area contributed by atoms with E-state index in [4.69, 9.17) is 10.5 Å². The van der Waals surface area contributed by atoms with Gasteiger partial charge in [0.15, 0.2) is 0 Å². The van der Waals surface area contributed by atoms with Crippen molar-refractivity contribution in [2.45, 2.75) is 31.3 Å². The monoisotopic (exact) mass is 364 g/mol. The normalized spacial score (nSPS) is 20.9. The average molecular weight is 364 g/mol. The lowest BCUT2D eigenvalue weighted by Gasteiger charge is -2.21. The van der Waals surface area contributed by atoms with Gasteiger partial charge in [-0.3, -0.25) is 9.69 Å². The number of primary amides is 1. The molecular weight excluding hydrogens is 345 g/mol. The van der Waals surface area contributed by atoms with Gasteiger partial charge in [0.2, 0.25) is 5.91 Å². The van der Waals surface area contributed by atoms with E-state index in [1.807, 2.05) is 35.2 Å². The maximum atomic E-state index is 12.7. The maximum Gasteiger partial charge on any atom is 0.416 e. The van der Waals surface area contributed by atoms with E-state index in [1.54, 1.807) is 0 Å². The molecule has 0 bridgehead atoms. The molecule has 26 heavy (non-hydrogen) atoms. The molecule has 4 nitrogen and oxygen atoms in total. The fourth-order valence-corrected chi connectivity index (χ4v) is 3.14. The number of nitrogens with two attached hydrogens (primary N) is 1. The predicted molar refractivity (Wildman–Crippen MR) is 90.3 cm³/mol. The first kappa shape index (κ1) is 18.3. The number of ether oxygens (including phenoxy) is 1. The minimum absolute atomic E-state index is 0.204. The SMILES string of the molecule is NC(=O)C1CC(Oc2ccccc2)CN1Cc1ccc(C(F)(F)F)cc1. The van der Waals surface area contributed by atoms with Crippen LogP contribution in [0.1, 0.15) is 17.5 Å². The molecule has 0 saturated carbocycles. The molecule has 1 saturated heterocycles. The Labute approximate surface area is 149 Å². The van der Waals surface area contributed by atoms with Gasteiger partial charge in [-0.2, -0.15) is 13.2 Å². The van der Waals surface area contributed by atoms with E-state index in [0.29, 0.717) is 30.8 Å². The maximum absolute atomic E-state index is 12.7. The van der Waals surface area contributed by atoms with Crippen LogP contribution in [0.3, 0.4) is 0 Å². The van der Waals surface area contributed by atoms with Crippen molar-refractivity contribution in [2.24, 2.45) is 5.73 Å². The summed E-state index contributed by atoms with van der Waals surface area (Å²) >= 11 is 0. The first-order valence-corrected chi connectivity index (χ1v) is 8.24. The molecule has 0 radical (unpaired) electrons. The van der Waals surface area contributed by atoms with E-state index in [0.717, 1.165) is 12.1 Å². The quantitative estimate of drug-likeness (QED) is 0.886. The number of para-hydroxylation sites is 1. The molecule has 2 unspecified atom stereocenters. The summed E-state index contributed by atoms with van der Waals surface area (Å²) in [6, 6.07) is 13.7. The van der Waals surface area contributed by atoms with Gasteiger partial charge in [0.05, 0.1) is 11.6 Å². The second-order valence-corrected chi connectivity index (χ2v) is 6.33. The summed E-state index contributed by atoms with van der Waals surface area (Å²) in [4.78, 5) is 13.6. The van der Waals surface area contributed by atoms with Crippen molar-refractivity contribution in [3.05, 3.63) is 65.7 Å². The van der Waals surface area contributed by atoms with Gasteiger partial charge in [-0.1, -0.05) is 30.3 Å². The Morgan fingerprint density at radius 1 is 1.12 bits per heavy atom. The van der Waals surface area contributed by atoms with Crippen molar-refractivity contribution in [1.82, 2.24) is 4.90 Å². The van der Waals surface area contributed by atoms with Crippen LogP contribution in [0.25, 0.3) is 0 Å². The van der Waals surface area contributed by atoms with Crippen LogP contribution in [-0.4, -0.2) is 29.5 Å². The van der Waals surface area contributed by atoms with Crippen molar-refractivity contribution < 1.29 is 22.7 Å². The molecule has 7 heteroatoms. The van der Waals surface area contributed by atoms with Crippen molar-refractivity contribution in [1.29, 1.82) is 0 Å². The fourth-order valence-electron chi connectivity index (χ4n) is 3.14. The van der Waals surface area contributed by atoms with E-state index >= 15 is 0 Å². The number of hydrogen-bond acceptors (Lipinski definition) is 3. The Balaban J connectivity index is 1.68. The van der Waals surface area contributed by atoms with Crippen LogP contribution in [-0.2, 0) is 17.5 Å². The molecule has 1 amide bonds. The molecule has 1 heterocycles. The predicted octanol–water partition coefficient (Wildman–Crippen LogP) is 3.21. The van der Waals surface area contributed by atoms with Crippen LogP contribution in [0.2, 0.25) is 0 Å². The minimum Gasteiger partial charge on any atom is -0.489 e. The van der Waals surface area contributed by atoms with Gasteiger partial charge in [0, 0.05) is 19.5 Å². The number of hydrogen-bond donors (Lipinski definition) is 1. The lowest BCUT2D eigenvalue weighted by atomic mass is 10.1. The van der Waals surface area contributed by atoms with E-state index in [-0.39, 0.29) is 6.10 Å². The van der Waals surface area contributed by atoms with Gasteiger partial charge in [-0.25, -0.2) is 0 Å². The number of amides is 1. The van der Waals surface area contributed by atoms with Gasteiger partial charge < -0.3 is 10.5 Å². The lowest BCUT2D eigenvalue weighted by molar-refractivity contribution is -0.137. The Hall–Kier alpha value is -2.54. The smallest absolute Gasteiger partial charge is 0.416 e. The zero-order valence-corrected chi connectivity index (χ0v) is 13.9. The Kier molecular flexibility index (Phi) is 5.18. The minimum atomic E-state index is -4.36. The highest BCUT2D eigenvalue weighted by Gasteiger charge is 2.37. The number of likely N-dealkylation sites (tertiary alicyclic amines) is 1. The second-order valence-electron chi connectivity index (χ2n) is 6.33. The van der Waals surface area contributed by atoms with Crippen LogP contribution < -0.4 is 10.5 Å². The first-order valence-electron chi connectivity index (χ1n) is 8.24. The molecule has 0 aromatic heterocycles. The zero-order chi connectivity index (χ0) is 18.7. The third kappa shape index (κ3) is 4.35. The molecule has 2 aromatic rings. The summed E-state index contributed by atoms with van der Waals surface area (Å²) in [6.07, 6.45) is -4.12. The number of carbonyl (C=O) groups excluding carboxylic acids is 1. The molecule has 2 atom stereocenters. The fraction of sp³-hybridized carbons (Fsp3) is 0.316. The van der Waals surface area contributed by atoms with Gasteiger partial charge >= 0.3 is 6.18 Å². The number of benzene rings is 2. The van der Waals surface area contributed by atoms with Gasteiger partial charge in [0.1, 0.15) is 11.9 Å². The number of nitrogens with zero attached hydrogens (tertiary/aromatic N) is 1. The molecule has 138 valence electrons. The summed E-state index contributed by atoms with van der Waals surface area (Å²) in [5, 5.41) is 0. The van der Waals surface area contributed by atoms with E-state index in [9.17, 15) is 18.0 Å². The van der Waals surface area contributed by atoms with Crippen molar-refractivity contribution in [3.63, 3.8) is 0 Å². The van der Waals surface area contributed by atoms with Crippen LogP contribution in [0, 0.1) is 0 Å². The molecule has 1 fully saturated rings. The molecule has 1 aliphatic heterocycles. The van der Waals surface area contributed by atoms with Gasteiger partial charge in [-0.15, -0.1) is 0 Å². The Bertz CT molecular complexity index is 748. The summed E-state index contributed by atoms with van der Waals surface area (Å²) < 4.78 is 43.9. The first-order chi connectivity index (χ1) is 12.3. The van der Waals surface area contributed by atoms with E-state index < -0.39 is 23.7 Å². The summed E-state index contributed by atoms with van der Waals surface area (Å²) in [5.74, 6) is 0.244. The van der Waals surface area contributed by atoms with Crippen molar-refractivity contribution in [2.75, 3.05) is 6.54 Å². The Morgan fingerprint density at radius 2 is 1.77 bits per heavy atom. The second kappa shape index (κ2) is 7.37. The molecule has 0 spiro atoms. The molecule has 2 N–H and O–H groups in total. The number of halogens is 3. The Morgan fingerprint density at radius 3 is 2.35 bits per heavy atom. The van der Waals surface area contributed by atoms with Gasteiger partial charge in [-0.05, 0) is 29.8 Å². The van der Waals surface area contributed by atoms with Crippen LogP contribution in [0.15, 0.2) is 54.6 Å². The highest BCUT2D eigenvalue weighted by atomic mass is 19.4. The zero-order valence-electron chi connectivity index (χ0n) is 13.9. The topological polar surface area (TPSA) is 55.6 Å². The highest BCUT2D eigenvalue weighted by Crippen LogP contribution is 2.30. The van der Waals surface area contributed by atoms with Crippen LogP contribution in [0.4, 0.5) is 13.2 Å². The molecule has 3 rings (SSSR count). The van der Waals surface area contributed by atoms with Crippen LogP contribution in [0.5, 0.6) is 5.75 Å². The highest BCUT2D eigenvalue weighted by molar-refractivity contribution is 5.80. The van der Waals surface area contributed by atoms with Crippen molar-refractivity contribution in [3.8, 4) is 5.75 Å². The van der Waals surface area contributed by atoms with Crippen LogP contribution >= 0.6 is 0 Å². The van der Waals surface area contributed by atoms with Crippen molar-refractivity contribution >= 4 is 5.91 Å². The largest absolute Gasteiger partial charge is 0.489 e. The summed E-state index contributed by atoms with van der Waals surface area (Å²) in [7, 11) is 0. The summed E-state index contributed by atoms with van der Waals surface area (Å²) in [6.45, 7) is 0.809. The molecule has 1 aliphatic rings. The third-order valence-corrected chi connectivity index (χ3v) is 4.41. The number of carbonyl (C=O) groups is 1. The molecule has 0 aliphatic carbocycles. The number of alkyl halides is 3. The lowest BCUT2D eigenvalue weighted by Crippen LogP contribution is -2.39. The third-order valence-electron chi connectivity index (χ3n) is 4.41. The van der Waals surface area contributed by atoms with Gasteiger partial charge in [0.25, 0.3) is 0 Å². The average Bonchev–Trinajstić information content (AvgIpc) is 2.98. The van der Waals surface area contributed by atoms with E-state index in [2.05, 4.69) is 0 Å². The molecule has 2 aromatic carbocycles. The molecular formula is C19H19F3N2O2. The number of rotatable bonds is 5. The van der Waals surface area contributed by atoms with E-state index in [1.165, 1.54) is 12.1 Å². The standard InChI is InChI=1S/C19H19F3N2O2/c20-19(21,22)14-8-6-13(7-9-14)11-24-12-16(10-17(24)18(23)25)26-15-4-2-1-3-5-15/h1-9,16-17H,10-12H2,(H2,23,25).